The summed E-state index contributed by atoms with van der Waals surface area (Å²) in [6.45, 7) is 8.24. The van der Waals surface area contributed by atoms with E-state index in [-0.39, 0.29) is 31.0 Å². The van der Waals surface area contributed by atoms with Gasteiger partial charge >= 0.3 is 0 Å². The first-order valence-electron chi connectivity index (χ1n) is 19.0. The van der Waals surface area contributed by atoms with Gasteiger partial charge in [-0.05, 0) is 49.9 Å². The minimum atomic E-state index is -1.41. The van der Waals surface area contributed by atoms with Crippen molar-refractivity contribution < 1.29 is 58.6 Å². The third-order valence-electron chi connectivity index (χ3n) is 10.9. The maximum absolute atomic E-state index is 13.2. The molecule has 6 N–H and O–H groups in total. The smallest absolute Gasteiger partial charge is 0.226 e. The molecule has 13 nitrogen and oxygen atoms in total. The van der Waals surface area contributed by atoms with Gasteiger partial charge in [-0.1, -0.05) is 55.1 Å². The van der Waals surface area contributed by atoms with Crippen molar-refractivity contribution in [3.63, 3.8) is 0 Å². The first-order chi connectivity index (χ1) is 26.1. The molecule has 0 aromatic heterocycles. The molecule has 0 aliphatic carbocycles. The van der Waals surface area contributed by atoms with Gasteiger partial charge in [0.15, 0.2) is 18.5 Å². The quantitative estimate of drug-likeness (QED) is 0.100. The van der Waals surface area contributed by atoms with E-state index in [4.69, 9.17) is 23.7 Å². The summed E-state index contributed by atoms with van der Waals surface area (Å²) in [5, 5.41) is 58.6. The molecule has 6 fully saturated rings. The number of carbonyl (C=O) groups excluding carboxylic acids is 1. The SMILES string of the molecule is C=C/C=C/C=C/C1=[N+](CCC(=O)NCCCO[C@H]2C3O[C@H]4[C@H](O)[C@@H](O)[C@@H](CCCO[C@@H]([C@@H]2O)[C@@H](CO)O3)O[C@@H]4CO)c2ccc3ccccc3c2C1(C)C. The molecule has 0 spiro atoms. The number of rotatable bonds is 13. The number of nitrogens with zero attached hydrogens (tertiary/aromatic N) is 1. The van der Waals surface area contributed by atoms with Crippen molar-refractivity contribution in [1.82, 2.24) is 5.32 Å². The van der Waals surface area contributed by atoms with Gasteiger partial charge in [-0.25, -0.2) is 0 Å². The fraction of sp³-hybridized carbons (Fsp3) is 0.561. The average Bonchev–Trinajstić information content (AvgIpc) is 3.40. The van der Waals surface area contributed by atoms with Crippen LogP contribution in [0.4, 0.5) is 5.69 Å². The van der Waals surface area contributed by atoms with E-state index in [1.165, 1.54) is 16.3 Å². The van der Waals surface area contributed by atoms with E-state index in [0.29, 0.717) is 32.4 Å². The second-order valence-electron chi connectivity index (χ2n) is 14.8. The molecular weight excluding hydrogens is 696 g/mol. The number of fused-ring (bicyclic) bond motifs is 3. The van der Waals surface area contributed by atoms with E-state index >= 15 is 0 Å². The molecule has 4 bridgehead atoms. The molecule has 6 saturated heterocycles. The van der Waals surface area contributed by atoms with Gasteiger partial charge in [-0.15, -0.1) is 0 Å². The van der Waals surface area contributed by atoms with Gasteiger partial charge in [0.1, 0.15) is 48.8 Å². The molecule has 1 amide bonds. The van der Waals surface area contributed by atoms with Crippen LogP contribution >= 0.6 is 0 Å². The second-order valence-corrected chi connectivity index (χ2v) is 14.8. The molecule has 7 aliphatic heterocycles. The van der Waals surface area contributed by atoms with Crippen LogP contribution in [0.3, 0.4) is 0 Å². The van der Waals surface area contributed by atoms with Gasteiger partial charge in [0.25, 0.3) is 0 Å². The number of ether oxygens (including phenoxy) is 5. The number of aliphatic hydroxyl groups is 5. The summed E-state index contributed by atoms with van der Waals surface area (Å²) < 4.78 is 32.2. The summed E-state index contributed by atoms with van der Waals surface area (Å²) >= 11 is 0. The lowest BCUT2D eigenvalue weighted by Crippen LogP contribution is -2.65. The maximum Gasteiger partial charge on any atom is 0.226 e. The Hall–Kier alpha value is -3.34. The summed E-state index contributed by atoms with van der Waals surface area (Å²) in [5.41, 5.74) is 3.09. The summed E-state index contributed by atoms with van der Waals surface area (Å²) in [6, 6.07) is 12.6. The molecule has 7 heterocycles. The molecule has 13 heteroatoms. The monoisotopic (exact) mass is 751 g/mol. The third kappa shape index (κ3) is 8.41. The lowest BCUT2D eigenvalue weighted by atomic mass is 9.79. The van der Waals surface area contributed by atoms with Crippen LogP contribution in [0.15, 0.2) is 73.4 Å². The Bertz CT molecular complexity index is 1710. The van der Waals surface area contributed by atoms with Gasteiger partial charge in [-0.3, -0.25) is 4.79 Å². The van der Waals surface area contributed by atoms with Gasteiger partial charge in [-0.2, -0.15) is 4.58 Å². The minimum absolute atomic E-state index is 0.0985. The van der Waals surface area contributed by atoms with E-state index < -0.39 is 74.4 Å². The van der Waals surface area contributed by atoms with Crippen molar-refractivity contribution in [2.75, 3.05) is 39.5 Å². The molecular formula is C41H55N2O11+. The molecule has 0 radical (unpaired) electrons. The fourth-order valence-corrected chi connectivity index (χ4v) is 8.15. The number of nitrogens with one attached hydrogen (secondary N) is 1. The van der Waals surface area contributed by atoms with Crippen molar-refractivity contribution >= 4 is 28.1 Å². The van der Waals surface area contributed by atoms with Crippen LogP contribution in [-0.4, -0.2) is 142 Å². The molecule has 294 valence electrons. The highest BCUT2D eigenvalue weighted by Gasteiger charge is 2.52. The molecule has 0 saturated carbocycles. The number of aliphatic hydroxyl groups excluding tert-OH is 5. The summed E-state index contributed by atoms with van der Waals surface area (Å²) in [4.78, 5) is 13.2. The second kappa shape index (κ2) is 18.1. The van der Waals surface area contributed by atoms with E-state index in [1.807, 2.05) is 24.3 Å². The zero-order chi connectivity index (χ0) is 38.4. The maximum atomic E-state index is 13.2. The molecule has 2 aromatic carbocycles. The van der Waals surface area contributed by atoms with E-state index in [1.54, 1.807) is 6.08 Å². The Morgan fingerprint density at radius 1 is 0.981 bits per heavy atom. The predicted molar refractivity (Wildman–Crippen MR) is 201 cm³/mol. The van der Waals surface area contributed by atoms with Crippen molar-refractivity contribution in [3.8, 4) is 0 Å². The Balaban J connectivity index is 1.09. The molecule has 2 aromatic rings. The van der Waals surface area contributed by atoms with Gasteiger partial charge < -0.3 is 54.5 Å². The number of hydrogen-bond acceptors (Lipinski definition) is 11. The van der Waals surface area contributed by atoms with Crippen molar-refractivity contribution in [2.45, 2.75) is 106 Å². The van der Waals surface area contributed by atoms with Crippen LogP contribution in [0.25, 0.3) is 10.8 Å². The van der Waals surface area contributed by atoms with Crippen LogP contribution in [0, 0.1) is 0 Å². The lowest BCUT2D eigenvalue weighted by Gasteiger charge is -2.47. The van der Waals surface area contributed by atoms with Gasteiger partial charge in [0.05, 0.1) is 31.2 Å². The van der Waals surface area contributed by atoms with Crippen LogP contribution in [0.1, 0.15) is 45.1 Å². The van der Waals surface area contributed by atoms with Crippen molar-refractivity contribution in [2.24, 2.45) is 0 Å². The Morgan fingerprint density at radius 2 is 1.76 bits per heavy atom. The minimum Gasteiger partial charge on any atom is -0.394 e. The Morgan fingerprint density at radius 3 is 2.54 bits per heavy atom. The largest absolute Gasteiger partial charge is 0.394 e. The predicted octanol–water partition coefficient (Wildman–Crippen LogP) is 1.92. The topological polar surface area (TPSA) is 179 Å². The number of amides is 1. The van der Waals surface area contributed by atoms with Crippen LogP contribution in [-0.2, 0) is 33.9 Å². The number of allylic oxidation sites excluding steroid dienone is 5. The highest BCUT2D eigenvalue weighted by atomic mass is 16.7. The highest BCUT2D eigenvalue weighted by molar-refractivity contribution is 6.07. The van der Waals surface area contributed by atoms with Gasteiger partial charge in [0, 0.05) is 37.5 Å². The molecule has 1 unspecified atom stereocenters. The normalized spacial score (nSPS) is 32.5. The van der Waals surface area contributed by atoms with E-state index in [0.717, 1.165) is 11.4 Å². The number of hydrogen-bond donors (Lipinski definition) is 6. The summed E-state index contributed by atoms with van der Waals surface area (Å²) in [6.07, 6.45) is -0.203. The summed E-state index contributed by atoms with van der Waals surface area (Å²) in [5.74, 6) is -0.123. The number of benzene rings is 2. The number of carbonyl (C=O) groups is 1. The molecule has 7 aliphatic rings. The first-order valence-corrected chi connectivity index (χ1v) is 19.0. The van der Waals surface area contributed by atoms with Crippen molar-refractivity contribution in [3.05, 3.63) is 78.9 Å². The van der Waals surface area contributed by atoms with Crippen LogP contribution < -0.4 is 5.32 Å². The Labute approximate surface area is 316 Å². The third-order valence-corrected chi connectivity index (χ3v) is 10.9. The molecule has 54 heavy (non-hydrogen) atoms. The Kier molecular flexibility index (Phi) is 13.5. The van der Waals surface area contributed by atoms with Gasteiger partial charge in [0.2, 0.25) is 11.6 Å². The average molecular weight is 752 g/mol. The van der Waals surface area contributed by atoms with Crippen molar-refractivity contribution in [1.29, 1.82) is 0 Å². The zero-order valence-corrected chi connectivity index (χ0v) is 31.0. The van der Waals surface area contributed by atoms with Crippen LogP contribution in [0.2, 0.25) is 0 Å². The molecule has 10 atom stereocenters. The standard InChI is InChI=1S/C41H54N2O11/c1-4-5-6-7-15-31-41(2,3)33-26-13-9-8-12-25(26)16-17-27(33)43(31)20-18-32(46)42-19-11-22-51-39-36(49)37-29(23-44)53-40(39)54-38-30(24-45)52-28(14-10-21-50-37)34(47)35(38)48/h4-9,12-13,15-17,28-30,34-40,44-45,47-49H,1,10-11,14,18-24H2,2-3H3/p+1/b6-5+,15-7+/t28-,29-,30-,34+,35-,36+,37-,38-,39-,40?/m1/s1. The van der Waals surface area contributed by atoms with E-state index in [2.05, 4.69) is 66.7 Å². The van der Waals surface area contributed by atoms with E-state index in [9.17, 15) is 30.3 Å². The highest BCUT2D eigenvalue weighted by Crippen LogP contribution is 2.44. The zero-order valence-electron chi connectivity index (χ0n) is 31.0. The molecule has 9 rings (SSSR count). The fourth-order valence-electron chi connectivity index (χ4n) is 8.15. The van der Waals surface area contributed by atoms with Crippen LogP contribution in [0.5, 0.6) is 0 Å². The lowest BCUT2D eigenvalue weighted by molar-refractivity contribution is -0.436. The first kappa shape index (κ1) is 40.3. The summed E-state index contributed by atoms with van der Waals surface area (Å²) in [7, 11) is 0.